The summed E-state index contributed by atoms with van der Waals surface area (Å²) in [4.78, 5) is 0. The molecule has 0 atom stereocenters. The fraction of sp³-hybridized carbons (Fsp3) is 0.375. The Morgan fingerprint density at radius 3 is 2.53 bits per heavy atom. The Bertz CT molecular complexity index is 564. The Balaban J connectivity index is 2.19. The molecule has 2 nitrogen and oxygen atoms in total. The Hall–Kier alpha value is -1.77. The molecule has 3 heteroatoms. The van der Waals surface area contributed by atoms with Crippen molar-refractivity contribution in [2.75, 3.05) is 5.32 Å². The SMILES string of the molecule is CCn1c(C)cc(CNc2c(C)cccc2F)c1C. The fourth-order valence-corrected chi connectivity index (χ4v) is 2.58. The van der Waals surface area contributed by atoms with Gasteiger partial charge in [0.2, 0.25) is 0 Å². The summed E-state index contributed by atoms with van der Waals surface area (Å²) in [6, 6.07) is 7.31. The maximum absolute atomic E-state index is 13.7. The molecule has 1 N–H and O–H groups in total. The summed E-state index contributed by atoms with van der Waals surface area (Å²) in [7, 11) is 0. The molecule has 0 aliphatic rings. The van der Waals surface area contributed by atoms with Gasteiger partial charge in [0.25, 0.3) is 0 Å². The van der Waals surface area contributed by atoms with E-state index >= 15 is 0 Å². The van der Waals surface area contributed by atoms with Gasteiger partial charge in [0.1, 0.15) is 5.82 Å². The molecule has 0 bridgehead atoms. The van der Waals surface area contributed by atoms with Crippen LogP contribution >= 0.6 is 0 Å². The number of rotatable bonds is 4. The van der Waals surface area contributed by atoms with Crippen molar-refractivity contribution in [3.05, 3.63) is 52.6 Å². The lowest BCUT2D eigenvalue weighted by Crippen LogP contribution is -2.05. The van der Waals surface area contributed by atoms with Crippen molar-refractivity contribution in [2.24, 2.45) is 0 Å². The van der Waals surface area contributed by atoms with Crippen LogP contribution in [0, 0.1) is 26.6 Å². The van der Waals surface area contributed by atoms with Crippen molar-refractivity contribution >= 4 is 5.69 Å². The van der Waals surface area contributed by atoms with Crippen molar-refractivity contribution in [3.8, 4) is 0 Å². The summed E-state index contributed by atoms with van der Waals surface area (Å²) in [5.74, 6) is -0.190. The third kappa shape index (κ3) is 2.65. The van der Waals surface area contributed by atoms with Gasteiger partial charge in [-0.05, 0) is 51.0 Å². The first-order valence-electron chi connectivity index (χ1n) is 6.69. The van der Waals surface area contributed by atoms with E-state index in [0.29, 0.717) is 12.2 Å². The highest BCUT2D eigenvalue weighted by Gasteiger charge is 2.09. The molecule has 19 heavy (non-hydrogen) atoms. The average Bonchev–Trinajstić information content (AvgIpc) is 2.63. The van der Waals surface area contributed by atoms with Crippen LogP contribution in [0.2, 0.25) is 0 Å². The van der Waals surface area contributed by atoms with Gasteiger partial charge in [-0.1, -0.05) is 12.1 Å². The monoisotopic (exact) mass is 260 g/mol. The number of halogens is 1. The number of aryl methyl sites for hydroxylation is 2. The highest BCUT2D eigenvalue weighted by atomic mass is 19.1. The number of benzene rings is 1. The first kappa shape index (κ1) is 13.7. The minimum absolute atomic E-state index is 0.190. The summed E-state index contributed by atoms with van der Waals surface area (Å²) in [5, 5.41) is 3.21. The molecule has 1 aromatic heterocycles. The second-order valence-electron chi connectivity index (χ2n) is 4.93. The summed E-state index contributed by atoms with van der Waals surface area (Å²) in [6.07, 6.45) is 0. The van der Waals surface area contributed by atoms with Crippen LogP contribution in [0.5, 0.6) is 0 Å². The highest BCUT2D eigenvalue weighted by molar-refractivity contribution is 5.52. The highest BCUT2D eigenvalue weighted by Crippen LogP contribution is 2.21. The third-order valence-electron chi connectivity index (χ3n) is 3.67. The number of hydrogen-bond acceptors (Lipinski definition) is 1. The molecule has 0 aliphatic heterocycles. The Kier molecular flexibility index (Phi) is 3.93. The summed E-state index contributed by atoms with van der Waals surface area (Å²) in [6.45, 7) is 9.90. The smallest absolute Gasteiger partial charge is 0.146 e. The van der Waals surface area contributed by atoms with Crippen LogP contribution in [0.25, 0.3) is 0 Å². The fourth-order valence-electron chi connectivity index (χ4n) is 2.58. The van der Waals surface area contributed by atoms with E-state index in [1.807, 2.05) is 13.0 Å². The Labute approximate surface area is 114 Å². The van der Waals surface area contributed by atoms with Gasteiger partial charge in [0.15, 0.2) is 0 Å². The van der Waals surface area contributed by atoms with Gasteiger partial charge < -0.3 is 9.88 Å². The zero-order valence-electron chi connectivity index (χ0n) is 12.0. The predicted molar refractivity (Wildman–Crippen MR) is 78.0 cm³/mol. The number of anilines is 1. The summed E-state index contributed by atoms with van der Waals surface area (Å²) in [5.41, 5.74) is 5.26. The predicted octanol–water partition coefficient (Wildman–Crippen LogP) is 4.18. The molecule has 2 rings (SSSR count). The number of nitrogens with zero attached hydrogens (tertiary/aromatic N) is 1. The second kappa shape index (κ2) is 5.47. The van der Waals surface area contributed by atoms with Crippen LogP contribution in [0.3, 0.4) is 0 Å². The van der Waals surface area contributed by atoms with Gasteiger partial charge in [0, 0.05) is 24.5 Å². The van der Waals surface area contributed by atoms with Crippen LogP contribution in [-0.2, 0) is 13.1 Å². The molecular formula is C16H21FN2. The minimum atomic E-state index is -0.190. The first-order chi connectivity index (χ1) is 9.04. The maximum atomic E-state index is 13.7. The summed E-state index contributed by atoms with van der Waals surface area (Å²) < 4.78 is 16.0. The van der Waals surface area contributed by atoms with E-state index in [-0.39, 0.29) is 5.82 Å². The number of aromatic nitrogens is 1. The molecule has 0 saturated carbocycles. The third-order valence-corrected chi connectivity index (χ3v) is 3.67. The van der Waals surface area contributed by atoms with E-state index in [9.17, 15) is 4.39 Å². The average molecular weight is 260 g/mol. The quantitative estimate of drug-likeness (QED) is 0.872. The molecule has 0 amide bonds. The molecule has 2 aromatic rings. The van der Waals surface area contributed by atoms with Crippen molar-refractivity contribution < 1.29 is 4.39 Å². The number of nitrogens with one attached hydrogen (secondary N) is 1. The van der Waals surface area contributed by atoms with Crippen molar-refractivity contribution in [1.29, 1.82) is 0 Å². The van der Waals surface area contributed by atoms with Gasteiger partial charge in [0.05, 0.1) is 5.69 Å². The molecule has 0 spiro atoms. The molecule has 0 saturated heterocycles. The molecule has 0 unspecified atom stereocenters. The lowest BCUT2D eigenvalue weighted by atomic mass is 10.1. The minimum Gasteiger partial charge on any atom is -0.378 e. The van der Waals surface area contributed by atoms with Crippen LogP contribution in [0.15, 0.2) is 24.3 Å². The van der Waals surface area contributed by atoms with Gasteiger partial charge in [-0.2, -0.15) is 0 Å². The zero-order valence-corrected chi connectivity index (χ0v) is 12.0. The molecule has 0 fully saturated rings. The molecule has 1 aromatic carbocycles. The summed E-state index contributed by atoms with van der Waals surface area (Å²) >= 11 is 0. The van der Waals surface area contributed by atoms with Gasteiger partial charge in [-0.25, -0.2) is 4.39 Å². The van der Waals surface area contributed by atoms with Crippen LogP contribution in [-0.4, -0.2) is 4.57 Å². The van der Waals surface area contributed by atoms with E-state index in [1.54, 1.807) is 6.07 Å². The molecule has 102 valence electrons. The molecule has 1 heterocycles. The molecular weight excluding hydrogens is 239 g/mol. The van der Waals surface area contributed by atoms with E-state index in [0.717, 1.165) is 12.1 Å². The largest absolute Gasteiger partial charge is 0.378 e. The van der Waals surface area contributed by atoms with Crippen LogP contribution < -0.4 is 5.32 Å². The van der Waals surface area contributed by atoms with Crippen molar-refractivity contribution in [2.45, 2.75) is 40.8 Å². The van der Waals surface area contributed by atoms with E-state index in [2.05, 4.69) is 36.7 Å². The maximum Gasteiger partial charge on any atom is 0.146 e. The normalized spacial score (nSPS) is 10.8. The van der Waals surface area contributed by atoms with Crippen LogP contribution in [0.4, 0.5) is 10.1 Å². The second-order valence-corrected chi connectivity index (χ2v) is 4.93. The van der Waals surface area contributed by atoms with Crippen molar-refractivity contribution in [1.82, 2.24) is 4.57 Å². The molecule has 0 radical (unpaired) electrons. The van der Waals surface area contributed by atoms with Gasteiger partial charge in [-0.3, -0.25) is 0 Å². The van der Waals surface area contributed by atoms with E-state index in [1.165, 1.54) is 23.0 Å². The lowest BCUT2D eigenvalue weighted by molar-refractivity contribution is 0.629. The zero-order chi connectivity index (χ0) is 14.0. The van der Waals surface area contributed by atoms with Crippen molar-refractivity contribution in [3.63, 3.8) is 0 Å². The number of hydrogen-bond donors (Lipinski definition) is 1. The Morgan fingerprint density at radius 2 is 1.95 bits per heavy atom. The van der Waals surface area contributed by atoms with Gasteiger partial charge >= 0.3 is 0 Å². The van der Waals surface area contributed by atoms with E-state index in [4.69, 9.17) is 0 Å². The Morgan fingerprint density at radius 1 is 1.21 bits per heavy atom. The topological polar surface area (TPSA) is 17.0 Å². The van der Waals surface area contributed by atoms with E-state index < -0.39 is 0 Å². The van der Waals surface area contributed by atoms with Gasteiger partial charge in [-0.15, -0.1) is 0 Å². The lowest BCUT2D eigenvalue weighted by Gasteiger charge is -2.11. The van der Waals surface area contributed by atoms with Crippen LogP contribution in [0.1, 0.15) is 29.4 Å². The number of para-hydroxylation sites is 1. The standard InChI is InChI=1S/C16H21FN2/c1-5-19-12(3)9-14(13(19)4)10-18-16-11(2)7-6-8-15(16)17/h6-9,18H,5,10H2,1-4H3. The first-order valence-corrected chi connectivity index (χ1v) is 6.69. The molecule has 0 aliphatic carbocycles.